The standard InChI is InChI=1S/C28H45ClN4O5/c1-32(27(36)37)14-7-13-28(38,21-10-5-12-23(29)17-21)22-11-6-15-33(19-22)26(35)31-24(25(34)18-30)16-20-8-3-2-4-9-20/h5,10,12,17,20,22,24-25,34,38H,2-4,6-9,11,13-16,18-19,30H2,1H3,(H,31,35)(H,36,37)/t22-,24+,25+,28-/m1/s1. The Hall–Kier alpha value is -2.07. The average Bonchev–Trinajstić information content (AvgIpc) is 2.92. The predicted molar refractivity (Wildman–Crippen MR) is 148 cm³/mol. The Morgan fingerprint density at radius 1 is 1.24 bits per heavy atom. The molecule has 0 spiro atoms. The van der Waals surface area contributed by atoms with Crippen molar-refractivity contribution in [3.8, 4) is 0 Å². The van der Waals surface area contributed by atoms with Gasteiger partial charge < -0.3 is 36.2 Å². The van der Waals surface area contributed by atoms with E-state index in [-0.39, 0.29) is 25.0 Å². The van der Waals surface area contributed by atoms with E-state index in [1.165, 1.54) is 31.2 Å². The fraction of sp³-hybridized carbons (Fsp3) is 0.714. The highest BCUT2D eigenvalue weighted by Crippen LogP contribution is 2.40. The highest BCUT2D eigenvalue weighted by Gasteiger charge is 2.42. The minimum Gasteiger partial charge on any atom is -0.465 e. The Morgan fingerprint density at radius 2 is 1.97 bits per heavy atom. The van der Waals surface area contributed by atoms with Crippen molar-refractivity contribution >= 4 is 23.7 Å². The summed E-state index contributed by atoms with van der Waals surface area (Å²) in [6, 6.07) is 6.47. The third-order valence-electron chi connectivity index (χ3n) is 8.41. The van der Waals surface area contributed by atoms with Crippen LogP contribution in [0.5, 0.6) is 0 Å². The summed E-state index contributed by atoms with van der Waals surface area (Å²) in [7, 11) is 1.51. The molecule has 1 aliphatic carbocycles. The second-order valence-electron chi connectivity index (χ2n) is 11.1. The SMILES string of the molecule is CN(CCC[C@@](O)(c1cccc(Cl)c1)[C@@H]1CCCN(C(=O)N[C@@H](CC2CCCCC2)[C@@H](O)CN)C1)C(=O)O. The first-order chi connectivity index (χ1) is 18.1. The maximum Gasteiger partial charge on any atom is 0.407 e. The van der Waals surface area contributed by atoms with Gasteiger partial charge in [-0.15, -0.1) is 0 Å². The molecule has 10 heteroatoms. The first-order valence-corrected chi connectivity index (χ1v) is 14.4. The number of hydrogen-bond donors (Lipinski definition) is 5. The van der Waals surface area contributed by atoms with Crippen LogP contribution in [0.2, 0.25) is 5.02 Å². The number of likely N-dealkylation sites (tertiary alicyclic amines) is 1. The maximum absolute atomic E-state index is 13.4. The van der Waals surface area contributed by atoms with Crippen LogP contribution in [0.15, 0.2) is 24.3 Å². The summed E-state index contributed by atoms with van der Waals surface area (Å²) < 4.78 is 0. The first-order valence-electron chi connectivity index (χ1n) is 14.0. The predicted octanol–water partition coefficient (Wildman–Crippen LogP) is 4.00. The van der Waals surface area contributed by atoms with Gasteiger partial charge in [0, 0.05) is 44.2 Å². The van der Waals surface area contributed by atoms with Crippen molar-refractivity contribution in [3.63, 3.8) is 0 Å². The molecule has 6 N–H and O–H groups in total. The summed E-state index contributed by atoms with van der Waals surface area (Å²) in [6.45, 7) is 1.28. The molecule has 38 heavy (non-hydrogen) atoms. The van der Waals surface area contributed by atoms with Gasteiger partial charge in [0.25, 0.3) is 0 Å². The Balaban J connectivity index is 1.72. The van der Waals surface area contributed by atoms with Crippen molar-refractivity contribution in [1.82, 2.24) is 15.1 Å². The quantitative estimate of drug-likeness (QED) is 0.281. The number of nitrogens with one attached hydrogen (secondary N) is 1. The van der Waals surface area contributed by atoms with Crippen LogP contribution in [0, 0.1) is 11.8 Å². The fourth-order valence-corrected chi connectivity index (χ4v) is 6.27. The van der Waals surface area contributed by atoms with E-state index in [2.05, 4.69) is 5.32 Å². The molecule has 0 radical (unpaired) electrons. The number of benzene rings is 1. The molecule has 3 amide bonds. The summed E-state index contributed by atoms with van der Waals surface area (Å²) in [5.41, 5.74) is 5.17. The number of aliphatic hydroxyl groups excluding tert-OH is 1. The lowest BCUT2D eigenvalue weighted by Crippen LogP contribution is -2.55. The molecule has 4 atom stereocenters. The van der Waals surface area contributed by atoms with Crippen LogP contribution < -0.4 is 11.1 Å². The molecule has 0 unspecified atom stereocenters. The number of rotatable bonds is 11. The summed E-state index contributed by atoms with van der Waals surface area (Å²) >= 11 is 6.27. The van der Waals surface area contributed by atoms with Crippen molar-refractivity contribution in [1.29, 1.82) is 0 Å². The van der Waals surface area contributed by atoms with Gasteiger partial charge in [-0.3, -0.25) is 0 Å². The van der Waals surface area contributed by atoms with E-state index >= 15 is 0 Å². The molecule has 9 nitrogen and oxygen atoms in total. The Labute approximate surface area is 231 Å². The fourth-order valence-electron chi connectivity index (χ4n) is 6.08. The Morgan fingerprint density at radius 3 is 2.63 bits per heavy atom. The van der Waals surface area contributed by atoms with Crippen LogP contribution in [-0.4, -0.2) is 82.6 Å². The second-order valence-corrected chi connectivity index (χ2v) is 11.6. The molecule has 214 valence electrons. The first kappa shape index (κ1) is 30.5. The molecule has 1 aliphatic heterocycles. The number of halogens is 1. The van der Waals surface area contributed by atoms with Crippen LogP contribution in [0.1, 0.15) is 69.8 Å². The molecule has 1 saturated carbocycles. The van der Waals surface area contributed by atoms with Crippen molar-refractivity contribution in [2.75, 3.05) is 33.2 Å². The number of carboxylic acid groups (broad SMARTS) is 1. The lowest BCUT2D eigenvalue weighted by molar-refractivity contribution is -0.0564. The lowest BCUT2D eigenvalue weighted by Gasteiger charge is -2.43. The van der Waals surface area contributed by atoms with E-state index < -0.39 is 23.8 Å². The highest BCUT2D eigenvalue weighted by molar-refractivity contribution is 6.30. The van der Waals surface area contributed by atoms with Gasteiger partial charge in [0.05, 0.1) is 17.7 Å². The monoisotopic (exact) mass is 552 g/mol. The number of aliphatic hydroxyl groups is 2. The molecule has 2 aliphatic rings. The van der Waals surface area contributed by atoms with E-state index in [4.69, 9.17) is 17.3 Å². The highest BCUT2D eigenvalue weighted by atomic mass is 35.5. The number of urea groups is 1. The van der Waals surface area contributed by atoms with Gasteiger partial charge in [-0.2, -0.15) is 0 Å². The second kappa shape index (κ2) is 14.4. The zero-order valence-electron chi connectivity index (χ0n) is 22.5. The van der Waals surface area contributed by atoms with Crippen molar-refractivity contribution in [2.24, 2.45) is 17.6 Å². The van der Waals surface area contributed by atoms with Gasteiger partial charge in [0.15, 0.2) is 0 Å². The Bertz CT molecular complexity index is 915. The molecule has 1 aromatic carbocycles. The minimum atomic E-state index is -1.28. The number of carbonyl (C=O) groups excluding carboxylic acids is 1. The van der Waals surface area contributed by atoms with E-state index in [9.17, 15) is 24.9 Å². The van der Waals surface area contributed by atoms with Gasteiger partial charge in [-0.05, 0) is 55.7 Å². The summed E-state index contributed by atoms with van der Waals surface area (Å²) in [5.74, 6) is 0.216. The van der Waals surface area contributed by atoms with Gasteiger partial charge in [-0.25, -0.2) is 9.59 Å². The number of nitrogens with zero attached hydrogens (tertiary/aromatic N) is 2. The molecule has 1 aromatic rings. The molecule has 0 bridgehead atoms. The molecule has 1 saturated heterocycles. The number of nitrogens with two attached hydrogens (primary N) is 1. The van der Waals surface area contributed by atoms with Gasteiger partial charge in [-0.1, -0.05) is 55.8 Å². The van der Waals surface area contributed by atoms with E-state index in [0.29, 0.717) is 48.9 Å². The minimum absolute atomic E-state index is 0.0829. The normalized spacial score (nSPS) is 21.8. The zero-order chi connectivity index (χ0) is 27.7. The van der Waals surface area contributed by atoms with Crippen LogP contribution in [0.4, 0.5) is 9.59 Å². The van der Waals surface area contributed by atoms with Gasteiger partial charge in [0.2, 0.25) is 0 Å². The number of piperidine rings is 1. The summed E-state index contributed by atoms with van der Waals surface area (Å²) in [6.07, 6.45) is 6.96. The zero-order valence-corrected chi connectivity index (χ0v) is 23.3. The van der Waals surface area contributed by atoms with Crippen LogP contribution >= 0.6 is 11.6 Å². The summed E-state index contributed by atoms with van der Waals surface area (Å²) in [5, 5.41) is 35.4. The maximum atomic E-state index is 13.4. The van der Waals surface area contributed by atoms with Crippen molar-refractivity contribution < 1.29 is 24.9 Å². The number of amides is 3. The number of hydrogen-bond acceptors (Lipinski definition) is 5. The number of carbonyl (C=O) groups is 2. The molecule has 2 fully saturated rings. The molecule has 1 heterocycles. The van der Waals surface area contributed by atoms with Crippen molar-refractivity contribution in [2.45, 2.75) is 82.0 Å². The smallest absolute Gasteiger partial charge is 0.407 e. The van der Waals surface area contributed by atoms with E-state index in [1.54, 1.807) is 23.1 Å². The van der Waals surface area contributed by atoms with Gasteiger partial charge in [0.1, 0.15) is 0 Å². The third-order valence-corrected chi connectivity index (χ3v) is 8.65. The van der Waals surface area contributed by atoms with E-state index in [1.807, 2.05) is 6.07 Å². The molecule has 3 rings (SSSR count). The largest absolute Gasteiger partial charge is 0.465 e. The molecule has 0 aromatic heterocycles. The molecular formula is C28H45ClN4O5. The van der Waals surface area contributed by atoms with Crippen LogP contribution in [0.25, 0.3) is 0 Å². The van der Waals surface area contributed by atoms with Crippen LogP contribution in [-0.2, 0) is 5.60 Å². The topological polar surface area (TPSA) is 139 Å². The van der Waals surface area contributed by atoms with Crippen molar-refractivity contribution in [3.05, 3.63) is 34.9 Å². The molecular weight excluding hydrogens is 508 g/mol. The van der Waals surface area contributed by atoms with Crippen LogP contribution in [0.3, 0.4) is 0 Å². The Kier molecular flexibility index (Phi) is 11.5. The average molecular weight is 553 g/mol. The third kappa shape index (κ3) is 8.21. The van der Waals surface area contributed by atoms with E-state index in [0.717, 1.165) is 25.7 Å². The lowest BCUT2D eigenvalue weighted by atomic mass is 9.74. The van der Waals surface area contributed by atoms with Gasteiger partial charge >= 0.3 is 12.1 Å². The summed E-state index contributed by atoms with van der Waals surface area (Å²) in [4.78, 5) is 27.6.